The van der Waals surface area contributed by atoms with Gasteiger partial charge in [-0.1, -0.05) is 36.4 Å². The number of phenols is 1. The van der Waals surface area contributed by atoms with E-state index in [1.165, 1.54) is 29.7 Å². The van der Waals surface area contributed by atoms with E-state index in [0.717, 1.165) is 32.5 Å². The lowest BCUT2D eigenvalue weighted by molar-refractivity contribution is 0.000954. The van der Waals surface area contributed by atoms with Gasteiger partial charge in [0.15, 0.2) is 11.5 Å². The molecule has 1 N–H and O–H groups in total. The number of hydrogen-bond acceptors (Lipinski definition) is 5. The van der Waals surface area contributed by atoms with Crippen molar-refractivity contribution in [1.29, 1.82) is 0 Å². The van der Waals surface area contributed by atoms with Crippen molar-refractivity contribution in [3.8, 4) is 11.5 Å². The molecule has 1 saturated carbocycles. The summed E-state index contributed by atoms with van der Waals surface area (Å²) in [6.45, 7) is 4.31. The molecule has 2 bridgehead atoms. The Labute approximate surface area is 210 Å². The van der Waals surface area contributed by atoms with Crippen LogP contribution in [0.1, 0.15) is 24.0 Å². The SMILES string of the molecule is COc1ccc(N(C(=O)OC2C3CCC2CN(Cc2ccccc2)C3)c2cccc(F)c2)c(C)c1O. The zero-order valence-corrected chi connectivity index (χ0v) is 20.6. The molecule has 7 heteroatoms. The van der Waals surface area contributed by atoms with Gasteiger partial charge in [-0.05, 0) is 55.7 Å². The number of piperidine rings is 1. The lowest BCUT2D eigenvalue weighted by Crippen LogP contribution is -2.47. The maximum absolute atomic E-state index is 14.2. The summed E-state index contributed by atoms with van der Waals surface area (Å²) < 4.78 is 25.5. The zero-order chi connectivity index (χ0) is 25.2. The second-order valence-corrected chi connectivity index (χ2v) is 9.70. The molecule has 2 unspecified atom stereocenters. The van der Waals surface area contributed by atoms with E-state index >= 15 is 0 Å². The molecule has 3 aromatic rings. The summed E-state index contributed by atoms with van der Waals surface area (Å²) in [6, 6.07) is 19.5. The molecule has 0 spiro atoms. The van der Waals surface area contributed by atoms with Gasteiger partial charge in [-0.25, -0.2) is 14.1 Å². The quantitative estimate of drug-likeness (QED) is 0.457. The zero-order valence-electron chi connectivity index (χ0n) is 20.6. The molecule has 0 radical (unpaired) electrons. The van der Waals surface area contributed by atoms with Crippen LogP contribution >= 0.6 is 0 Å². The fraction of sp³-hybridized carbons (Fsp3) is 0.345. The van der Waals surface area contributed by atoms with Crippen LogP contribution in [0.15, 0.2) is 66.7 Å². The van der Waals surface area contributed by atoms with Gasteiger partial charge in [0.05, 0.1) is 18.5 Å². The van der Waals surface area contributed by atoms with Crippen molar-refractivity contribution in [2.75, 3.05) is 25.1 Å². The minimum absolute atomic E-state index is 0.0708. The molecule has 1 amide bonds. The summed E-state index contributed by atoms with van der Waals surface area (Å²) in [5, 5.41) is 10.6. The van der Waals surface area contributed by atoms with Gasteiger partial charge in [-0.15, -0.1) is 0 Å². The Morgan fingerprint density at radius 2 is 1.78 bits per heavy atom. The van der Waals surface area contributed by atoms with E-state index in [4.69, 9.17) is 9.47 Å². The van der Waals surface area contributed by atoms with Gasteiger partial charge in [-0.2, -0.15) is 0 Å². The van der Waals surface area contributed by atoms with E-state index in [0.29, 0.717) is 22.7 Å². The third-order valence-corrected chi connectivity index (χ3v) is 7.38. The Bertz CT molecular complexity index is 1220. The highest BCUT2D eigenvalue weighted by atomic mass is 19.1. The van der Waals surface area contributed by atoms with Gasteiger partial charge < -0.3 is 14.6 Å². The normalized spacial score (nSPS) is 21.2. The second-order valence-electron chi connectivity index (χ2n) is 9.70. The molecular weight excluding hydrogens is 459 g/mol. The first-order chi connectivity index (χ1) is 17.4. The van der Waals surface area contributed by atoms with Crippen molar-refractivity contribution >= 4 is 17.5 Å². The fourth-order valence-electron chi connectivity index (χ4n) is 5.63. The molecule has 188 valence electrons. The minimum atomic E-state index is -0.577. The predicted octanol–water partition coefficient (Wildman–Crippen LogP) is 6.03. The van der Waals surface area contributed by atoms with Gasteiger partial charge in [-0.3, -0.25) is 4.90 Å². The number of halogens is 1. The third kappa shape index (κ3) is 4.75. The van der Waals surface area contributed by atoms with Gasteiger partial charge in [0.25, 0.3) is 0 Å². The highest BCUT2D eigenvalue weighted by Gasteiger charge is 2.45. The third-order valence-electron chi connectivity index (χ3n) is 7.38. The van der Waals surface area contributed by atoms with Crippen molar-refractivity contribution in [3.63, 3.8) is 0 Å². The van der Waals surface area contributed by atoms with Crippen LogP contribution < -0.4 is 9.64 Å². The first kappa shape index (κ1) is 24.1. The summed E-state index contributed by atoms with van der Waals surface area (Å²) in [5.41, 5.74) is 2.47. The van der Waals surface area contributed by atoms with Gasteiger partial charge in [0, 0.05) is 37.0 Å². The number of carbonyl (C=O) groups is 1. The number of benzene rings is 3. The number of anilines is 2. The van der Waals surface area contributed by atoms with Crippen LogP contribution in [0.25, 0.3) is 0 Å². The number of nitrogens with zero attached hydrogens (tertiary/aromatic N) is 2. The van der Waals surface area contributed by atoms with E-state index < -0.39 is 11.9 Å². The molecule has 1 aliphatic heterocycles. The molecule has 6 nitrogen and oxygen atoms in total. The standard InChI is InChI=1S/C29H31FN2O4/c1-19-25(13-14-26(35-2)27(19)33)32(24-10-6-9-23(30)15-24)29(34)36-28-21-11-12-22(28)18-31(17-21)16-20-7-4-3-5-8-20/h3-10,13-15,21-22,28,33H,11-12,16-18H2,1-2H3. The average molecular weight is 491 g/mol. The molecule has 2 aliphatic rings. The Morgan fingerprint density at radius 3 is 2.44 bits per heavy atom. The van der Waals surface area contributed by atoms with Gasteiger partial charge in [0.2, 0.25) is 0 Å². The lowest BCUT2D eigenvalue weighted by atomic mass is 9.94. The number of amides is 1. The number of likely N-dealkylation sites (tertiary alicyclic amines) is 1. The number of ether oxygens (including phenoxy) is 2. The number of phenolic OH excluding ortho intramolecular Hbond substituents is 1. The largest absolute Gasteiger partial charge is 0.504 e. The molecule has 0 aromatic heterocycles. The number of fused-ring (bicyclic) bond motifs is 2. The Hall–Kier alpha value is -3.58. The van der Waals surface area contributed by atoms with E-state index in [1.54, 1.807) is 31.2 Å². The topological polar surface area (TPSA) is 62.2 Å². The van der Waals surface area contributed by atoms with E-state index in [9.17, 15) is 14.3 Å². The molecule has 3 aromatic carbocycles. The number of aromatic hydroxyl groups is 1. The summed E-state index contributed by atoms with van der Waals surface area (Å²) in [4.78, 5) is 17.5. The van der Waals surface area contributed by atoms with Crippen molar-refractivity contribution in [3.05, 3.63) is 83.7 Å². The van der Waals surface area contributed by atoms with Crippen LogP contribution in [0, 0.1) is 24.6 Å². The Balaban J connectivity index is 1.38. The van der Waals surface area contributed by atoms with E-state index in [1.807, 2.05) is 6.07 Å². The Morgan fingerprint density at radius 1 is 1.06 bits per heavy atom. The van der Waals surface area contributed by atoms with Crippen molar-refractivity contribution in [2.45, 2.75) is 32.4 Å². The van der Waals surface area contributed by atoms with Crippen molar-refractivity contribution < 1.29 is 23.8 Å². The number of carbonyl (C=O) groups excluding carboxylic acids is 1. The molecule has 1 heterocycles. The molecule has 1 saturated heterocycles. The van der Waals surface area contributed by atoms with Gasteiger partial charge in [0.1, 0.15) is 11.9 Å². The monoisotopic (exact) mass is 490 g/mol. The van der Waals surface area contributed by atoms with Crippen LogP contribution in [0.5, 0.6) is 11.5 Å². The molecule has 2 atom stereocenters. The summed E-state index contributed by atoms with van der Waals surface area (Å²) in [5.74, 6) is 0.258. The number of methoxy groups -OCH3 is 1. The minimum Gasteiger partial charge on any atom is -0.504 e. The van der Waals surface area contributed by atoms with Crippen LogP contribution in [-0.4, -0.2) is 42.4 Å². The number of rotatable bonds is 6. The van der Waals surface area contributed by atoms with E-state index in [-0.39, 0.29) is 23.7 Å². The summed E-state index contributed by atoms with van der Waals surface area (Å²) >= 11 is 0. The average Bonchev–Trinajstić information content (AvgIpc) is 3.10. The first-order valence-electron chi connectivity index (χ1n) is 12.3. The molecule has 36 heavy (non-hydrogen) atoms. The highest BCUT2D eigenvalue weighted by molar-refractivity contribution is 5.97. The fourth-order valence-corrected chi connectivity index (χ4v) is 5.63. The summed E-state index contributed by atoms with van der Waals surface area (Å²) in [6.07, 6.45) is 1.24. The smallest absolute Gasteiger partial charge is 0.419 e. The predicted molar refractivity (Wildman–Crippen MR) is 136 cm³/mol. The van der Waals surface area contributed by atoms with Crippen LogP contribution in [0.4, 0.5) is 20.6 Å². The van der Waals surface area contributed by atoms with Crippen molar-refractivity contribution in [2.24, 2.45) is 11.8 Å². The molecule has 2 fully saturated rings. The maximum Gasteiger partial charge on any atom is 0.419 e. The summed E-state index contributed by atoms with van der Waals surface area (Å²) in [7, 11) is 1.46. The Kier molecular flexibility index (Phi) is 6.83. The van der Waals surface area contributed by atoms with Crippen LogP contribution in [-0.2, 0) is 11.3 Å². The lowest BCUT2D eigenvalue weighted by Gasteiger charge is -2.38. The molecule has 5 rings (SSSR count). The first-order valence-corrected chi connectivity index (χ1v) is 12.3. The molecular formula is C29H31FN2O4. The molecule has 1 aliphatic carbocycles. The maximum atomic E-state index is 14.2. The van der Waals surface area contributed by atoms with Crippen LogP contribution in [0.3, 0.4) is 0 Å². The number of hydrogen-bond donors (Lipinski definition) is 1. The van der Waals surface area contributed by atoms with Crippen LogP contribution in [0.2, 0.25) is 0 Å². The second kappa shape index (κ2) is 10.2. The highest BCUT2D eigenvalue weighted by Crippen LogP contribution is 2.42. The van der Waals surface area contributed by atoms with Gasteiger partial charge >= 0.3 is 6.09 Å². The van der Waals surface area contributed by atoms with E-state index in [2.05, 4.69) is 29.2 Å². The van der Waals surface area contributed by atoms with Crippen molar-refractivity contribution in [1.82, 2.24) is 4.90 Å².